The lowest BCUT2D eigenvalue weighted by Gasteiger charge is -2.19. The van der Waals surface area contributed by atoms with E-state index in [1.807, 2.05) is 20.2 Å². The van der Waals surface area contributed by atoms with Gasteiger partial charge in [-0.25, -0.2) is 9.48 Å². The molecule has 0 radical (unpaired) electrons. The number of amides is 1. The van der Waals surface area contributed by atoms with Crippen LogP contribution in [0, 0.1) is 6.92 Å². The van der Waals surface area contributed by atoms with Gasteiger partial charge in [0.15, 0.2) is 5.65 Å². The minimum Gasteiger partial charge on any atom is -0.371 e. The van der Waals surface area contributed by atoms with E-state index in [4.69, 9.17) is 4.74 Å². The molecule has 0 spiro atoms. The molecule has 3 aromatic rings. The second-order valence-corrected chi connectivity index (χ2v) is 6.47. The summed E-state index contributed by atoms with van der Waals surface area (Å²) in [6.07, 6.45) is 4.03. The average Bonchev–Trinajstić information content (AvgIpc) is 3.27. The van der Waals surface area contributed by atoms with Crippen LogP contribution in [-0.2, 0) is 23.1 Å². The molecule has 4 rings (SSSR count). The summed E-state index contributed by atoms with van der Waals surface area (Å²) in [4.78, 5) is 24.8. The second kappa shape index (κ2) is 6.41. The lowest BCUT2D eigenvalue weighted by molar-refractivity contribution is -0.123. The molecule has 0 unspecified atom stereocenters. The molecule has 1 amide bonds. The first kappa shape index (κ1) is 16.5. The first-order chi connectivity index (χ1) is 12.5. The Hall–Kier alpha value is -2.94. The Balaban J connectivity index is 1.49. The summed E-state index contributed by atoms with van der Waals surface area (Å²) < 4.78 is 10.1. The van der Waals surface area contributed by atoms with Gasteiger partial charge in [0.1, 0.15) is 12.6 Å². The van der Waals surface area contributed by atoms with Crippen molar-refractivity contribution in [2.24, 2.45) is 7.05 Å². The van der Waals surface area contributed by atoms with Gasteiger partial charge in [-0.15, -0.1) is 5.10 Å². The van der Waals surface area contributed by atoms with Crippen LogP contribution < -0.4 is 11.0 Å². The highest BCUT2D eigenvalue weighted by molar-refractivity contribution is 5.76. The predicted octanol–water partition coefficient (Wildman–Crippen LogP) is 0.184. The Morgan fingerprint density at radius 1 is 1.38 bits per heavy atom. The quantitative estimate of drug-likeness (QED) is 0.720. The molecule has 1 saturated heterocycles. The number of fused-ring (bicyclic) bond motifs is 1. The summed E-state index contributed by atoms with van der Waals surface area (Å²) in [6, 6.07) is 5.11. The highest BCUT2D eigenvalue weighted by Crippen LogP contribution is 2.30. The number of hydrogen-bond acceptors (Lipinski definition) is 5. The van der Waals surface area contributed by atoms with E-state index < -0.39 is 0 Å². The largest absolute Gasteiger partial charge is 0.371 e. The van der Waals surface area contributed by atoms with Crippen molar-refractivity contribution in [3.63, 3.8) is 0 Å². The smallest absolute Gasteiger partial charge is 0.350 e. The summed E-state index contributed by atoms with van der Waals surface area (Å²) >= 11 is 0. The first-order valence-corrected chi connectivity index (χ1v) is 8.48. The molecule has 0 saturated carbocycles. The Morgan fingerprint density at radius 3 is 2.96 bits per heavy atom. The van der Waals surface area contributed by atoms with Gasteiger partial charge in [-0.2, -0.15) is 5.10 Å². The minimum atomic E-state index is -0.335. The lowest BCUT2D eigenvalue weighted by atomic mass is 10.0. The third kappa shape index (κ3) is 2.90. The molecule has 0 bridgehead atoms. The van der Waals surface area contributed by atoms with E-state index >= 15 is 0 Å². The summed E-state index contributed by atoms with van der Waals surface area (Å²) in [5, 5.41) is 11.5. The SMILES string of the molecule is Cc1nn(C)cc1[C@H]1OCC[C@@H]1NC(=O)Cn1nc2ccccn2c1=O. The molecule has 3 aromatic heterocycles. The number of rotatable bonds is 4. The fourth-order valence-electron chi connectivity index (χ4n) is 3.40. The summed E-state index contributed by atoms with van der Waals surface area (Å²) in [6.45, 7) is 2.36. The zero-order valence-electron chi connectivity index (χ0n) is 14.6. The number of pyridine rings is 1. The second-order valence-electron chi connectivity index (χ2n) is 6.47. The molecule has 9 heteroatoms. The zero-order chi connectivity index (χ0) is 18.3. The van der Waals surface area contributed by atoms with Crippen LogP contribution >= 0.6 is 0 Å². The standard InChI is InChI=1S/C17H20N6O3/c1-11-12(9-21(2)19-11)16-13(6-8-26-16)18-15(24)10-23-17(25)22-7-4-3-5-14(22)20-23/h3-5,7,9,13,16H,6,8,10H2,1-2H3,(H,18,24)/t13-,16+/m0/s1. The van der Waals surface area contributed by atoms with Gasteiger partial charge in [-0.05, 0) is 25.5 Å². The number of nitrogens with one attached hydrogen (secondary N) is 1. The normalized spacial score (nSPS) is 19.9. The van der Waals surface area contributed by atoms with Crippen LogP contribution in [-0.4, -0.2) is 42.5 Å². The number of hydrogen-bond donors (Lipinski definition) is 1. The molecule has 26 heavy (non-hydrogen) atoms. The van der Waals surface area contributed by atoms with Crippen molar-refractivity contribution in [3.05, 3.63) is 52.3 Å². The van der Waals surface area contributed by atoms with Crippen LogP contribution in [0.15, 0.2) is 35.4 Å². The molecule has 0 aliphatic carbocycles. The Labute approximate surface area is 149 Å². The van der Waals surface area contributed by atoms with Gasteiger partial charge in [-0.1, -0.05) is 6.07 Å². The highest BCUT2D eigenvalue weighted by atomic mass is 16.5. The molecular formula is C17H20N6O3. The molecule has 1 N–H and O–H groups in total. The number of nitrogens with zero attached hydrogens (tertiary/aromatic N) is 5. The van der Waals surface area contributed by atoms with E-state index in [-0.39, 0.29) is 30.3 Å². The fraction of sp³-hybridized carbons (Fsp3) is 0.412. The van der Waals surface area contributed by atoms with Crippen molar-refractivity contribution in [2.45, 2.75) is 32.0 Å². The van der Waals surface area contributed by atoms with Gasteiger partial charge in [0.05, 0.1) is 11.7 Å². The third-order valence-corrected chi connectivity index (χ3v) is 4.58. The van der Waals surface area contributed by atoms with E-state index in [1.54, 1.807) is 29.1 Å². The summed E-state index contributed by atoms with van der Waals surface area (Å²) in [7, 11) is 1.86. The monoisotopic (exact) mass is 356 g/mol. The van der Waals surface area contributed by atoms with Gasteiger partial charge in [0.25, 0.3) is 0 Å². The molecule has 136 valence electrons. The van der Waals surface area contributed by atoms with Crippen molar-refractivity contribution < 1.29 is 9.53 Å². The highest BCUT2D eigenvalue weighted by Gasteiger charge is 2.33. The van der Waals surface area contributed by atoms with Crippen molar-refractivity contribution >= 4 is 11.6 Å². The molecule has 2 atom stereocenters. The maximum absolute atomic E-state index is 12.5. The van der Waals surface area contributed by atoms with Crippen LogP contribution in [0.3, 0.4) is 0 Å². The Bertz CT molecular complexity index is 1020. The van der Waals surface area contributed by atoms with Gasteiger partial charge in [0, 0.05) is 31.6 Å². The third-order valence-electron chi connectivity index (χ3n) is 4.58. The van der Waals surface area contributed by atoms with Crippen LogP contribution in [0.5, 0.6) is 0 Å². The zero-order valence-corrected chi connectivity index (χ0v) is 14.6. The number of carbonyl (C=O) groups is 1. The number of aryl methyl sites for hydroxylation is 2. The van der Waals surface area contributed by atoms with Gasteiger partial charge >= 0.3 is 5.69 Å². The number of aromatic nitrogens is 5. The van der Waals surface area contributed by atoms with Crippen molar-refractivity contribution in [1.29, 1.82) is 0 Å². The van der Waals surface area contributed by atoms with Gasteiger partial charge < -0.3 is 10.1 Å². The molecule has 0 aromatic carbocycles. The van der Waals surface area contributed by atoms with Crippen LogP contribution in [0.25, 0.3) is 5.65 Å². The van der Waals surface area contributed by atoms with Crippen molar-refractivity contribution in [2.75, 3.05) is 6.61 Å². The maximum atomic E-state index is 12.5. The van der Waals surface area contributed by atoms with Crippen molar-refractivity contribution in [1.82, 2.24) is 29.3 Å². The minimum absolute atomic E-state index is 0.129. The predicted molar refractivity (Wildman–Crippen MR) is 92.6 cm³/mol. The number of ether oxygens (including phenoxy) is 1. The van der Waals surface area contributed by atoms with E-state index in [0.717, 1.165) is 11.3 Å². The summed E-state index contributed by atoms with van der Waals surface area (Å²) in [5.74, 6) is -0.266. The molecule has 9 nitrogen and oxygen atoms in total. The molecule has 1 fully saturated rings. The Kier molecular flexibility index (Phi) is 4.08. The number of carbonyl (C=O) groups excluding carboxylic acids is 1. The van der Waals surface area contributed by atoms with Crippen LogP contribution in [0.2, 0.25) is 0 Å². The van der Waals surface area contributed by atoms with Crippen LogP contribution in [0.4, 0.5) is 0 Å². The first-order valence-electron chi connectivity index (χ1n) is 8.48. The molecule has 1 aliphatic heterocycles. The van der Waals surface area contributed by atoms with E-state index in [2.05, 4.69) is 15.5 Å². The lowest BCUT2D eigenvalue weighted by Crippen LogP contribution is -2.40. The molecule has 4 heterocycles. The van der Waals surface area contributed by atoms with Crippen molar-refractivity contribution in [3.8, 4) is 0 Å². The van der Waals surface area contributed by atoms with Gasteiger partial charge in [0.2, 0.25) is 5.91 Å². The maximum Gasteiger partial charge on any atom is 0.350 e. The average molecular weight is 356 g/mol. The Morgan fingerprint density at radius 2 is 2.23 bits per heavy atom. The van der Waals surface area contributed by atoms with Gasteiger partial charge in [-0.3, -0.25) is 13.9 Å². The summed E-state index contributed by atoms with van der Waals surface area (Å²) in [5.41, 5.74) is 2.03. The molecular weight excluding hydrogens is 336 g/mol. The van der Waals surface area contributed by atoms with E-state index in [0.29, 0.717) is 18.7 Å². The van der Waals surface area contributed by atoms with E-state index in [1.165, 1.54) is 9.08 Å². The fourth-order valence-corrected chi connectivity index (χ4v) is 3.40. The topological polar surface area (TPSA) is 95.4 Å². The van der Waals surface area contributed by atoms with Crippen LogP contribution in [0.1, 0.15) is 23.8 Å². The van der Waals surface area contributed by atoms with E-state index in [9.17, 15) is 9.59 Å². The molecule has 1 aliphatic rings.